The molecule has 186 valence electrons. The maximum absolute atomic E-state index is 14.5. The van der Waals surface area contributed by atoms with Crippen molar-refractivity contribution in [1.82, 2.24) is 24.8 Å². The van der Waals surface area contributed by atoms with E-state index in [1.165, 1.54) is 6.20 Å². The van der Waals surface area contributed by atoms with Crippen LogP contribution in [0, 0.1) is 17.2 Å². The van der Waals surface area contributed by atoms with Gasteiger partial charge in [0, 0.05) is 49.4 Å². The molecular weight excluding hydrogens is 475 g/mol. The van der Waals surface area contributed by atoms with Crippen molar-refractivity contribution >= 4 is 40.3 Å². The molecule has 0 radical (unpaired) electrons. The minimum Gasteiger partial charge on any atom is -0.481 e. The van der Waals surface area contributed by atoms with Gasteiger partial charge in [-0.3, -0.25) is 9.59 Å². The summed E-state index contributed by atoms with van der Waals surface area (Å²) >= 11 is 6.08. The number of pyridine rings is 1. The van der Waals surface area contributed by atoms with Crippen molar-refractivity contribution in [2.75, 3.05) is 25.0 Å². The molecule has 1 aliphatic rings. The highest BCUT2D eigenvalue weighted by Gasteiger charge is 2.30. The first-order valence-corrected chi connectivity index (χ1v) is 11.9. The Hall–Kier alpha value is -3.27. The number of aliphatic carboxylic acids is 1. The van der Waals surface area contributed by atoms with E-state index < -0.39 is 17.2 Å². The van der Waals surface area contributed by atoms with Gasteiger partial charge in [0.05, 0.1) is 17.6 Å². The minimum atomic E-state index is -0.915. The average molecular weight is 503 g/mol. The van der Waals surface area contributed by atoms with Gasteiger partial charge in [-0.1, -0.05) is 25.4 Å². The first-order valence-electron chi connectivity index (χ1n) is 11.5. The largest absolute Gasteiger partial charge is 0.481 e. The average Bonchev–Trinajstić information content (AvgIpc) is 3.20. The number of aromatic nitrogens is 4. The molecule has 0 bridgehead atoms. The van der Waals surface area contributed by atoms with Crippen molar-refractivity contribution < 1.29 is 19.1 Å². The van der Waals surface area contributed by atoms with Crippen LogP contribution in [0.5, 0.6) is 0 Å². The number of carbonyl (C=O) groups is 2. The molecule has 1 amide bonds. The third-order valence-electron chi connectivity index (χ3n) is 6.17. The topological polar surface area (TPSA) is 124 Å². The predicted molar refractivity (Wildman–Crippen MR) is 131 cm³/mol. The molecule has 4 heterocycles. The number of amides is 1. The normalized spacial score (nSPS) is 16.5. The van der Waals surface area contributed by atoms with Gasteiger partial charge in [-0.05, 0) is 30.2 Å². The van der Waals surface area contributed by atoms with E-state index in [4.69, 9.17) is 16.7 Å². The van der Waals surface area contributed by atoms with Crippen LogP contribution in [0.15, 0.2) is 24.7 Å². The Balaban J connectivity index is 1.41. The summed E-state index contributed by atoms with van der Waals surface area (Å²) in [5, 5.41) is 13.4. The van der Waals surface area contributed by atoms with E-state index in [9.17, 15) is 14.0 Å². The summed E-state index contributed by atoms with van der Waals surface area (Å²) in [5.74, 6) is -0.992. The lowest BCUT2D eigenvalue weighted by molar-refractivity contribution is -0.141. The van der Waals surface area contributed by atoms with Crippen molar-refractivity contribution in [3.8, 4) is 11.4 Å². The summed E-state index contributed by atoms with van der Waals surface area (Å²) in [6, 6.07) is 1.75. The van der Waals surface area contributed by atoms with Crippen LogP contribution >= 0.6 is 11.6 Å². The monoisotopic (exact) mass is 502 g/mol. The zero-order valence-electron chi connectivity index (χ0n) is 19.6. The van der Waals surface area contributed by atoms with Crippen molar-refractivity contribution in [3.05, 3.63) is 35.5 Å². The zero-order valence-corrected chi connectivity index (χ0v) is 20.4. The number of H-pyrrole nitrogens is 1. The molecule has 4 rings (SSSR count). The van der Waals surface area contributed by atoms with Crippen LogP contribution in [-0.4, -0.2) is 61.5 Å². The van der Waals surface area contributed by atoms with E-state index in [0.717, 1.165) is 24.4 Å². The molecule has 9 nitrogen and oxygen atoms in total. The van der Waals surface area contributed by atoms with Crippen LogP contribution in [-0.2, 0) is 9.59 Å². The molecule has 3 N–H and O–H groups in total. The van der Waals surface area contributed by atoms with Gasteiger partial charge in [0.15, 0.2) is 17.5 Å². The molecule has 0 aromatic carbocycles. The number of carbonyl (C=O) groups excluding carboxylic acids is 1. The molecule has 0 aliphatic carbocycles. The lowest BCUT2D eigenvalue weighted by atomic mass is 9.84. The van der Waals surface area contributed by atoms with E-state index in [-0.39, 0.29) is 30.5 Å². The van der Waals surface area contributed by atoms with Crippen LogP contribution in [0.4, 0.5) is 10.2 Å². The van der Waals surface area contributed by atoms with Crippen molar-refractivity contribution in [2.45, 2.75) is 39.5 Å². The highest BCUT2D eigenvalue weighted by molar-refractivity contribution is 6.31. The Bertz CT molecular complexity index is 1250. The summed E-state index contributed by atoms with van der Waals surface area (Å²) in [5.41, 5.74) is 0.679. The molecule has 1 aliphatic heterocycles. The quantitative estimate of drug-likeness (QED) is 0.418. The van der Waals surface area contributed by atoms with E-state index in [2.05, 4.69) is 25.3 Å². The van der Waals surface area contributed by atoms with Crippen molar-refractivity contribution in [1.29, 1.82) is 0 Å². The smallest absolute Gasteiger partial charge is 0.303 e. The van der Waals surface area contributed by atoms with Gasteiger partial charge in [0.25, 0.3) is 0 Å². The molecule has 1 fully saturated rings. The van der Waals surface area contributed by atoms with Gasteiger partial charge in [-0.25, -0.2) is 19.3 Å². The molecule has 0 spiro atoms. The summed E-state index contributed by atoms with van der Waals surface area (Å²) in [4.78, 5) is 41.4. The fourth-order valence-corrected chi connectivity index (χ4v) is 4.63. The van der Waals surface area contributed by atoms with Gasteiger partial charge in [-0.2, -0.15) is 0 Å². The number of carboxylic acids is 1. The van der Waals surface area contributed by atoms with Gasteiger partial charge >= 0.3 is 5.97 Å². The Morgan fingerprint density at radius 2 is 2.11 bits per heavy atom. The summed E-state index contributed by atoms with van der Waals surface area (Å²) in [7, 11) is 0. The Morgan fingerprint density at radius 1 is 1.31 bits per heavy atom. The third-order valence-corrected chi connectivity index (χ3v) is 6.38. The summed E-state index contributed by atoms with van der Waals surface area (Å²) in [6.07, 6.45) is 6.20. The number of likely N-dealkylation sites (tertiary alicyclic amines) is 1. The second-order valence-electron chi connectivity index (χ2n) is 9.78. The van der Waals surface area contributed by atoms with Crippen molar-refractivity contribution in [3.63, 3.8) is 0 Å². The number of rotatable bonds is 8. The molecule has 1 saturated heterocycles. The van der Waals surface area contributed by atoms with Crippen LogP contribution in [0.2, 0.25) is 5.02 Å². The van der Waals surface area contributed by atoms with E-state index in [1.54, 1.807) is 31.0 Å². The molecule has 1 atom stereocenters. The lowest BCUT2D eigenvalue weighted by Crippen LogP contribution is -2.43. The number of hydrogen-bond acceptors (Lipinski definition) is 6. The first kappa shape index (κ1) is 24.8. The number of halogens is 2. The van der Waals surface area contributed by atoms with Gasteiger partial charge in [-0.15, -0.1) is 0 Å². The fraction of sp³-hybridized carbons (Fsp3) is 0.458. The van der Waals surface area contributed by atoms with Gasteiger partial charge < -0.3 is 20.3 Å². The molecule has 0 unspecified atom stereocenters. The maximum Gasteiger partial charge on any atom is 0.303 e. The van der Waals surface area contributed by atoms with Gasteiger partial charge in [0.2, 0.25) is 5.91 Å². The van der Waals surface area contributed by atoms with Crippen LogP contribution in [0.3, 0.4) is 0 Å². The molecule has 3 aromatic rings. The maximum atomic E-state index is 14.5. The number of piperidine rings is 1. The van der Waals surface area contributed by atoms with E-state index in [0.29, 0.717) is 41.7 Å². The highest BCUT2D eigenvalue weighted by Crippen LogP contribution is 2.29. The van der Waals surface area contributed by atoms with E-state index >= 15 is 0 Å². The second-order valence-corrected chi connectivity index (χ2v) is 10.2. The first-order chi connectivity index (χ1) is 16.6. The Labute approximate surface area is 207 Å². The molecule has 0 saturated carbocycles. The molecule has 3 aromatic heterocycles. The van der Waals surface area contributed by atoms with Crippen LogP contribution in [0.25, 0.3) is 22.4 Å². The fourth-order valence-electron chi connectivity index (χ4n) is 4.48. The molecule has 35 heavy (non-hydrogen) atoms. The second kappa shape index (κ2) is 10.2. The molecule has 11 heteroatoms. The number of fused-ring (bicyclic) bond motifs is 1. The van der Waals surface area contributed by atoms with Gasteiger partial charge in [0.1, 0.15) is 5.65 Å². The number of anilines is 1. The Kier molecular flexibility index (Phi) is 7.20. The molecular formula is C24H28ClFN6O3. The van der Waals surface area contributed by atoms with E-state index in [1.807, 2.05) is 0 Å². The highest BCUT2D eigenvalue weighted by atomic mass is 35.5. The summed E-state index contributed by atoms with van der Waals surface area (Å²) < 4.78 is 14.5. The SMILES string of the molecule is CC(C)(CC(=O)O)CC(=O)N1CCC[C@H](CNc2nc(-c3c[nH]c4ncc(Cl)cc34)ncc2F)C1. The lowest BCUT2D eigenvalue weighted by Gasteiger charge is -2.35. The minimum absolute atomic E-state index is 0.0527. The van der Waals surface area contributed by atoms with Crippen LogP contribution in [0.1, 0.15) is 39.5 Å². The standard InChI is InChI=1S/C24H28ClFN6O3/c1-24(2,8-20(34)35)7-19(33)32-5-3-4-14(13-32)9-27-23-18(26)12-30-22(31-23)17-11-29-21-16(17)6-15(25)10-28-21/h6,10-12,14H,3-5,7-9,13H2,1-2H3,(H,28,29)(H,34,35)(H,27,30,31)/t14-/m1/s1. The van der Waals surface area contributed by atoms with Crippen molar-refractivity contribution in [2.24, 2.45) is 11.3 Å². The number of nitrogens with one attached hydrogen (secondary N) is 2. The Morgan fingerprint density at radius 3 is 2.89 bits per heavy atom. The number of carboxylic acid groups (broad SMARTS) is 1. The zero-order chi connectivity index (χ0) is 25.2. The van der Waals surface area contributed by atoms with Crippen LogP contribution < -0.4 is 5.32 Å². The number of aromatic amines is 1. The number of nitrogens with zero attached hydrogens (tertiary/aromatic N) is 4. The predicted octanol–water partition coefficient (Wildman–Crippen LogP) is 4.35. The third kappa shape index (κ3) is 6.05. The number of hydrogen-bond donors (Lipinski definition) is 3. The summed E-state index contributed by atoms with van der Waals surface area (Å²) in [6.45, 7) is 5.18.